The lowest BCUT2D eigenvalue weighted by Crippen LogP contribution is -2.15. The number of carbonyl (C=O) groups is 3. The van der Waals surface area contributed by atoms with Crippen molar-refractivity contribution in [1.82, 2.24) is 0 Å². The third-order valence-corrected chi connectivity index (χ3v) is 3.99. The first kappa shape index (κ1) is 21.9. The van der Waals surface area contributed by atoms with Gasteiger partial charge < -0.3 is 14.2 Å². The molecule has 0 spiro atoms. The first-order valence-electron chi connectivity index (χ1n) is 8.41. The normalized spacial score (nSPS) is 10.2. The molecule has 0 aliphatic heterocycles. The van der Waals surface area contributed by atoms with Crippen LogP contribution in [0.5, 0.6) is 17.2 Å². The molecule has 0 amide bonds. The Morgan fingerprint density at radius 3 is 1.45 bits per heavy atom. The molecular formula is C22H19ClO6. The summed E-state index contributed by atoms with van der Waals surface area (Å²) in [6.45, 7) is 15.0. The number of rotatable bonds is 6. The fraction of sp³-hybridized carbons (Fsp3) is 0.136. The maximum absolute atomic E-state index is 12.2. The molecule has 0 N–H and O–H groups in total. The van der Waals surface area contributed by atoms with Crippen LogP contribution in [0.3, 0.4) is 0 Å². The smallest absolute Gasteiger partial charge is 0.338 e. The van der Waals surface area contributed by atoms with Gasteiger partial charge in [0.25, 0.3) is 0 Å². The minimum absolute atomic E-state index is 0.0603. The van der Waals surface area contributed by atoms with Gasteiger partial charge >= 0.3 is 17.9 Å². The van der Waals surface area contributed by atoms with E-state index in [0.29, 0.717) is 10.8 Å². The highest BCUT2D eigenvalue weighted by Crippen LogP contribution is 2.49. The Morgan fingerprint density at radius 2 is 1.03 bits per heavy atom. The van der Waals surface area contributed by atoms with Crippen LogP contribution < -0.4 is 14.2 Å². The van der Waals surface area contributed by atoms with Gasteiger partial charge in [-0.2, -0.15) is 0 Å². The van der Waals surface area contributed by atoms with Gasteiger partial charge in [0.15, 0.2) is 17.2 Å². The van der Waals surface area contributed by atoms with Gasteiger partial charge in [-0.25, -0.2) is 14.4 Å². The summed E-state index contributed by atoms with van der Waals surface area (Å²) in [5.41, 5.74) is 0.357. The fourth-order valence-electron chi connectivity index (χ4n) is 2.15. The van der Waals surface area contributed by atoms with E-state index in [1.54, 1.807) is 24.3 Å². The lowest BCUT2D eigenvalue weighted by Gasteiger charge is -2.18. The van der Waals surface area contributed by atoms with E-state index in [-0.39, 0.29) is 39.0 Å². The highest BCUT2D eigenvalue weighted by molar-refractivity contribution is 6.36. The molecular weight excluding hydrogens is 396 g/mol. The zero-order chi connectivity index (χ0) is 21.9. The summed E-state index contributed by atoms with van der Waals surface area (Å²) in [7, 11) is 0. The molecule has 6 nitrogen and oxygen atoms in total. The van der Waals surface area contributed by atoms with Crippen LogP contribution in [-0.2, 0) is 14.4 Å². The van der Waals surface area contributed by atoms with E-state index < -0.39 is 17.9 Å². The van der Waals surface area contributed by atoms with Crippen LogP contribution in [0.25, 0.3) is 10.8 Å². The summed E-state index contributed by atoms with van der Waals surface area (Å²) in [6, 6.07) is 6.57. The number of hydrogen-bond acceptors (Lipinski definition) is 6. The average Bonchev–Trinajstić information content (AvgIpc) is 2.66. The molecule has 0 atom stereocenters. The number of ether oxygens (including phenoxy) is 3. The molecule has 0 fully saturated rings. The third-order valence-electron chi connectivity index (χ3n) is 3.65. The van der Waals surface area contributed by atoms with Crippen molar-refractivity contribution in [2.45, 2.75) is 20.8 Å². The highest BCUT2D eigenvalue weighted by atomic mass is 35.5. The summed E-state index contributed by atoms with van der Waals surface area (Å²) in [6.07, 6.45) is 0. The van der Waals surface area contributed by atoms with Gasteiger partial charge in [-0.15, -0.1) is 0 Å². The van der Waals surface area contributed by atoms with Gasteiger partial charge in [0.2, 0.25) is 0 Å². The molecule has 0 aliphatic carbocycles. The average molecular weight is 415 g/mol. The largest absolute Gasteiger partial charge is 0.421 e. The Kier molecular flexibility index (Phi) is 6.61. The van der Waals surface area contributed by atoms with Crippen LogP contribution in [0.2, 0.25) is 5.02 Å². The first-order valence-corrected chi connectivity index (χ1v) is 8.79. The zero-order valence-electron chi connectivity index (χ0n) is 16.3. The summed E-state index contributed by atoms with van der Waals surface area (Å²) in [4.78, 5) is 36.4. The van der Waals surface area contributed by atoms with Crippen molar-refractivity contribution < 1.29 is 28.6 Å². The Labute approximate surface area is 173 Å². The molecule has 2 aromatic carbocycles. The monoisotopic (exact) mass is 414 g/mol. The van der Waals surface area contributed by atoms with Crippen LogP contribution in [0, 0.1) is 0 Å². The van der Waals surface area contributed by atoms with Gasteiger partial charge in [0.05, 0.1) is 0 Å². The standard InChI is InChI=1S/C22H19ClO6/c1-11(2)20(24)27-17-14-9-7-8-10-15(14)18(28-21(25)12(3)4)19(16(17)23)29-22(26)13(5)6/h7-10H,1,3,5H2,2,4,6H3. The quantitative estimate of drug-likeness (QED) is 0.378. The minimum Gasteiger partial charge on any atom is -0.421 e. The first-order chi connectivity index (χ1) is 13.5. The molecule has 2 aromatic rings. The van der Waals surface area contributed by atoms with Gasteiger partial charge in [-0.05, 0) is 20.8 Å². The predicted octanol–water partition coefficient (Wildman–Crippen LogP) is 4.94. The topological polar surface area (TPSA) is 78.9 Å². The minimum atomic E-state index is -0.799. The third kappa shape index (κ3) is 4.73. The molecule has 0 heterocycles. The van der Waals surface area contributed by atoms with E-state index >= 15 is 0 Å². The van der Waals surface area contributed by atoms with Crippen molar-refractivity contribution in [1.29, 1.82) is 0 Å². The van der Waals surface area contributed by atoms with Crippen LogP contribution in [0.1, 0.15) is 20.8 Å². The highest BCUT2D eigenvalue weighted by Gasteiger charge is 2.27. The molecule has 0 aromatic heterocycles. The van der Waals surface area contributed by atoms with Crippen LogP contribution in [0.15, 0.2) is 60.7 Å². The van der Waals surface area contributed by atoms with Crippen LogP contribution in [0.4, 0.5) is 0 Å². The van der Waals surface area contributed by atoms with Gasteiger partial charge in [0.1, 0.15) is 5.02 Å². The maximum Gasteiger partial charge on any atom is 0.338 e. The summed E-state index contributed by atoms with van der Waals surface area (Å²) in [5.74, 6) is -2.71. The number of hydrogen-bond donors (Lipinski definition) is 0. The summed E-state index contributed by atoms with van der Waals surface area (Å²) < 4.78 is 16.1. The van der Waals surface area contributed by atoms with E-state index in [0.717, 1.165) is 0 Å². The van der Waals surface area contributed by atoms with Crippen molar-refractivity contribution in [3.63, 3.8) is 0 Å². The summed E-state index contributed by atoms with van der Waals surface area (Å²) in [5, 5.41) is 0.477. The zero-order valence-corrected chi connectivity index (χ0v) is 17.0. The van der Waals surface area contributed by atoms with Crippen molar-refractivity contribution in [2.75, 3.05) is 0 Å². The molecule has 0 radical (unpaired) electrons. The fourth-order valence-corrected chi connectivity index (χ4v) is 2.42. The molecule has 0 bridgehead atoms. The molecule has 150 valence electrons. The number of benzene rings is 2. The van der Waals surface area contributed by atoms with Crippen molar-refractivity contribution >= 4 is 40.3 Å². The van der Waals surface area contributed by atoms with Crippen molar-refractivity contribution in [3.8, 4) is 17.2 Å². The van der Waals surface area contributed by atoms with Crippen LogP contribution in [-0.4, -0.2) is 17.9 Å². The second-order valence-corrected chi connectivity index (χ2v) is 6.73. The van der Waals surface area contributed by atoms with E-state index in [9.17, 15) is 14.4 Å². The van der Waals surface area contributed by atoms with Gasteiger partial charge in [0, 0.05) is 27.5 Å². The number of fused-ring (bicyclic) bond motifs is 1. The van der Waals surface area contributed by atoms with E-state index in [4.69, 9.17) is 25.8 Å². The van der Waals surface area contributed by atoms with E-state index in [2.05, 4.69) is 19.7 Å². The number of halogens is 1. The molecule has 7 heteroatoms. The Bertz CT molecular complexity index is 1080. The van der Waals surface area contributed by atoms with Crippen molar-refractivity contribution in [2.24, 2.45) is 0 Å². The van der Waals surface area contributed by atoms with Crippen molar-refractivity contribution in [3.05, 3.63) is 65.7 Å². The predicted molar refractivity (Wildman–Crippen MR) is 110 cm³/mol. The maximum atomic E-state index is 12.2. The molecule has 2 rings (SSSR count). The molecule has 0 unspecified atom stereocenters. The second-order valence-electron chi connectivity index (χ2n) is 6.36. The second kappa shape index (κ2) is 8.75. The van der Waals surface area contributed by atoms with E-state index in [1.165, 1.54) is 20.8 Å². The Balaban J connectivity index is 2.83. The lowest BCUT2D eigenvalue weighted by molar-refractivity contribution is -0.132. The van der Waals surface area contributed by atoms with E-state index in [1.807, 2.05) is 0 Å². The SMILES string of the molecule is C=C(C)C(=O)Oc1c(Cl)c(OC(=O)C(=C)C)c2ccccc2c1OC(=O)C(=C)C. The number of esters is 3. The number of carbonyl (C=O) groups excluding carboxylic acids is 3. The van der Waals surface area contributed by atoms with Gasteiger partial charge in [-0.3, -0.25) is 0 Å². The van der Waals surface area contributed by atoms with Crippen LogP contribution >= 0.6 is 11.6 Å². The summed E-state index contributed by atoms with van der Waals surface area (Å²) >= 11 is 6.43. The molecule has 0 saturated carbocycles. The van der Waals surface area contributed by atoms with Gasteiger partial charge in [-0.1, -0.05) is 55.6 Å². The molecule has 29 heavy (non-hydrogen) atoms. The Morgan fingerprint density at radius 1 is 0.690 bits per heavy atom. The Hall–Kier alpha value is -3.38. The molecule has 0 aliphatic rings. The molecule has 0 saturated heterocycles. The lowest BCUT2D eigenvalue weighted by atomic mass is 10.1.